The number of methoxy groups -OCH3 is 1. The third-order valence-electron chi connectivity index (χ3n) is 8.66. The highest BCUT2D eigenvalue weighted by atomic mass is 16.6. The quantitative estimate of drug-likeness (QED) is 0.258. The number of esters is 1. The Hall–Kier alpha value is -3.76. The minimum Gasteiger partial charge on any atom is -0.496 e. The number of ketones is 2. The molecule has 218 valence electrons. The average molecular weight is 558 g/mol. The van der Waals surface area contributed by atoms with Crippen LogP contribution in [0.1, 0.15) is 70.3 Å². The third kappa shape index (κ3) is 5.46. The van der Waals surface area contributed by atoms with E-state index >= 15 is 0 Å². The molecule has 3 N–H and O–H groups in total. The standard InChI is InChI=1S/C29H39N3O8/c1-16(2)23(32-22(35)13-19-12-18(17(3)33)8-9-21(19)39-7)24(36)30-14-20(34)15-31-25(37)29-11-10-28(6,26(38)40-29)27(29,4)5/h8-9,12,16,23H,10-11,13-15H2,1-7H3,(H,30,36)(H,31,37)(H,32,35). The van der Waals surface area contributed by atoms with E-state index in [9.17, 15) is 28.8 Å². The second-order valence-electron chi connectivity index (χ2n) is 11.7. The van der Waals surface area contributed by atoms with Crippen molar-refractivity contribution in [2.75, 3.05) is 20.2 Å². The summed E-state index contributed by atoms with van der Waals surface area (Å²) in [7, 11) is 1.46. The van der Waals surface area contributed by atoms with Crippen LogP contribution in [-0.2, 0) is 35.1 Å². The Balaban J connectivity index is 1.54. The Labute approximate surface area is 234 Å². The molecule has 3 unspecified atom stereocenters. The highest BCUT2D eigenvalue weighted by Gasteiger charge is 2.75. The first-order chi connectivity index (χ1) is 18.6. The summed E-state index contributed by atoms with van der Waals surface area (Å²) >= 11 is 0. The van der Waals surface area contributed by atoms with Crippen molar-refractivity contribution in [2.24, 2.45) is 16.7 Å². The first-order valence-electron chi connectivity index (χ1n) is 13.4. The van der Waals surface area contributed by atoms with E-state index in [2.05, 4.69) is 16.0 Å². The van der Waals surface area contributed by atoms with Crippen LogP contribution < -0.4 is 20.7 Å². The van der Waals surface area contributed by atoms with Gasteiger partial charge in [-0.1, -0.05) is 27.7 Å². The lowest BCUT2D eigenvalue weighted by Gasteiger charge is -2.35. The summed E-state index contributed by atoms with van der Waals surface area (Å²) in [6.07, 6.45) is 0.778. The van der Waals surface area contributed by atoms with Crippen LogP contribution in [0.4, 0.5) is 0 Å². The van der Waals surface area contributed by atoms with Crippen molar-refractivity contribution < 1.29 is 38.2 Å². The maximum atomic E-state index is 13.0. The largest absolute Gasteiger partial charge is 0.496 e. The number of hydrogen-bond acceptors (Lipinski definition) is 8. The minimum absolute atomic E-state index is 0.118. The molecule has 1 saturated heterocycles. The molecule has 1 aromatic carbocycles. The van der Waals surface area contributed by atoms with Crippen molar-refractivity contribution >= 4 is 35.3 Å². The van der Waals surface area contributed by atoms with Crippen molar-refractivity contribution in [3.63, 3.8) is 0 Å². The maximum Gasteiger partial charge on any atom is 0.313 e. The second kappa shape index (κ2) is 11.4. The van der Waals surface area contributed by atoms with E-state index in [1.54, 1.807) is 39.0 Å². The highest BCUT2D eigenvalue weighted by Crippen LogP contribution is 2.65. The first-order valence-corrected chi connectivity index (χ1v) is 13.4. The number of hydrogen-bond donors (Lipinski definition) is 3. The van der Waals surface area contributed by atoms with Crippen LogP contribution in [0.3, 0.4) is 0 Å². The third-order valence-corrected chi connectivity index (χ3v) is 8.66. The molecule has 2 fully saturated rings. The smallest absolute Gasteiger partial charge is 0.313 e. The summed E-state index contributed by atoms with van der Waals surface area (Å²) < 4.78 is 10.8. The van der Waals surface area contributed by atoms with Gasteiger partial charge in [-0.3, -0.25) is 28.8 Å². The summed E-state index contributed by atoms with van der Waals surface area (Å²) in [6.45, 7) is 9.65. The Morgan fingerprint density at radius 1 is 1.02 bits per heavy atom. The molecule has 11 nitrogen and oxygen atoms in total. The van der Waals surface area contributed by atoms with Gasteiger partial charge in [-0.2, -0.15) is 0 Å². The molecule has 1 heterocycles. The van der Waals surface area contributed by atoms with Crippen molar-refractivity contribution in [1.82, 2.24) is 16.0 Å². The van der Waals surface area contributed by atoms with Crippen LogP contribution in [-0.4, -0.2) is 67.1 Å². The normalized spacial score (nSPS) is 23.2. The predicted octanol–water partition coefficient (Wildman–Crippen LogP) is 1.50. The summed E-state index contributed by atoms with van der Waals surface area (Å²) in [5, 5.41) is 7.79. The lowest BCUT2D eigenvalue weighted by molar-refractivity contribution is -0.168. The number of rotatable bonds is 12. The molecule has 1 saturated carbocycles. The molecular weight excluding hydrogens is 518 g/mol. The lowest BCUT2D eigenvalue weighted by Crippen LogP contribution is -2.55. The van der Waals surface area contributed by atoms with Crippen LogP contribution >= 0.6 is 0 Å². The molecule has 1 aliphatic heterocycles. The van der Waals surface area contributed by atoms with E-state index in [-0.39, 0.29) is 31.2 Å². The first kappa shape index (κ1) is 30.8. The molecule has 0 spiro atoms. The van der Waals surface area contributed by atoms with Crippen molar-refractivity contribution in [3.05, 3.63) is 29.3 Å². The van der Waals surface area contributed by atoms with E-state index in [1.807, 2.05) is 13.8 Å². The number of ether oxygens (including phenoxy) is 2. The van der Waals surface area contributed by atoms with Crippen LogP contribution in [0.25, 0.3) is 0 Å². The second-order valence-corrected chi connectivity index (χ2v) is 11.7. The summed E-state index contributed by atoms with van der Waals surface area (Å²) in [5.41, 5.74) is -1.90. The fourth-order valence-corrected chi connectivity index (χ4v) is 5.50. The number of Topliss-reactive ketones (excluding diaryl/α,β-unsaturated/α-hetero) is 2. The molecule has 0 aromatic heterocycles. The summed E-state index contributed by atoms with van der Waals surface area (Å²) in [5.74, 6) is -2.41. The van der Waals surface area contributed by atoms with Gasteiger partial charge in [-0.05, 0) is 50.8 Å². The molecule has 2 bridgehead atoms. The molecular formula is C29H39N3O8. The van der Waals surface area contributed by atoms with Crippen molar-refractivity contribution in [1.29, 1.82) is 0 Å². The maximum absolute atomic E-state index is 13.0. The van der Waals surface area contributed by atoms with Gasteiger partial charge >= 0.3 is 5.97 Å². The van der Waals surface area contributed by atoms with E-state index < -0.39 is 51.9 Å². The molecule has 11 heteroatoms. The zero-order valence-corrected chi connectivity index (χ0v) is 24.2. The fourth-order valence-electron chi connectivity index (χ4n) is 5.50. The predicted molar refractivity (Wildman–Crippen MR) is 144 cm³/mol. The zero-order valence-electron chi connectivity index (χ0n) is 24.2. The topological polar surface area (TPSA) is 157 Å². The molecule has 0 radical (unpaired) electrons. The molecule has 1 aromatic rings. The number of amides is 3. The van der Waals surface area contributed by atoms with E-state index in [1.165, 1.54) is 14.0 Å². The van der Waals surface area contributed by atoms with E-state index in [4.69, 9.17) is 9.47 Å². The molecule has 40 heavy (non-hydrogen) atoms. The van der Waals surface area contributed by atoms with Gasteiger partial charge in [-0.15, -0.1) is 0 Å². The van der Waals surface area contributed by atoms with Gasteiger partial charge in [0.05, 0.1) is 32.0 Å². The molecule has 3 atom stereocenters. The number of benzene rings is 1. The van der Waals surface area contributed by atoms with Gasteiger partial charge in [0.25, 0.3) is 5.91 Å². The van der Waals surface area contributed by atoms with Gasteiger partial charge in [0, 0.05) is 16.5 Å². The molecule has 2 aliphatic rings. The van der Waals surface area contributed by atoms with Crippen molar-refractivity contribution in [3.8, 4) is 5.75 Å². The summed E-state index contributed by atoms with van der Waals surface area (Å²) in [6, 6.07) is 3.87. The van der Waals surface area contributed by atoms with Crippen LogP contribution in [0.15, 0.2) is 18.2 Å². The van der Waals surface area contributed by atoms with Gasteiger partial charge in [0.1, 0.15) is 11.8 Å². The van der Waals surface area contributed by atoms with Crippen LogP contribution in [0.5, 0.6) is 5.75 Å². The van der Waals surface area contributed by atoms with Gasteiger partial charge in [0.15, 0.2) is 17.2 Å². The van der Waals surface area contributed by atoms with Crippen LogP contribution in [0, 0.1) is 16.7 Å². The fraction of sp³-hybridized carbons (Fsp3) is 0.586. The number of nitrogens with one attached hydrogen (secondary N) is 3. The van der Waals surface area contributed by atoms with Gasteiger partial charge < -0.3 is 25.4 Å². The molecule has 1 aliphatic carbocycles. The molecule has 3 rings (SSSR count). The van der Waals surface area contributed by atoms with Crippen molar-refractivity contribution in [2.45, 2.75) is 72.4 Å². The Morgan fingerprint density at radius 3 is 2.20 bits per heavy atom. The number of carbonyl (C=O) groups excluding carboxylic acids is 6. The highest BCUT2D eigenvalue weighted by molar-refractivity contribution is 5.99. The van der Waals surface area contributed by atoms with Crippen LogP contribution in [0.2, 0.25) is 0 Å². The Morgan fingerprint density at radius 2 is 1.68 bits per heavy atom. The van der Waals surface area contributed by atoms with E-state index in [0.29, 0.717) is 29.7 Å². The zero-order chi connectivity index (χ0) is 30.0. The number of carbonyl (C=O) groups is 6. The van der Waals surface area contributed by atoms with Gasteiger partial charge in [-0.25, -0.2) is 0 Å². The average Bonchev–Trinajstić information content (AvgIpc) is 3.19. The summed E-state index contributed by atoms with van der Waals surface area (Å²) in [4.78, 5) is 75.3. The molecule has 3 amide bonds. The SMILES string of the molecule is COc1ccc(C(C)=O)cc1CC(=O)NC(C(=O)NCC(=O)CNC(=O)C12CCC(C)(C(=O)O1)C2(C)C)C(C)C. The Kier molecular flexibility index (Phi) is 8.76. The minimum atomic E-state index is -1.33. The Bertz CT molecular complexity index is 1240. The monoisotopic (exact) mass is 557 g/mol. The van der Waals surface area contributed by atoms with E-state index in [0.717, 1.165) is 0 Å². The number of fused-ring (bicyclic) bond motifs is 2. The lowest BCUT2D eigenvalue weighted by atomic mass is 9.66. The van der Waals surface area contributed by atoms with Gasteiger partial charge in [0.2, 0.25) is 11.8 Å².